The maximum atomic E-state index is 14.1. The van der Waals surface area contributed by atoms with Gasteiger partial charge in [-0.15, -0.1) is 17.2 Å². The van der Waals surface area contributed by atoms with Crippen LogP contribution < -0.4 is 62.9 Å². The maximum Gasteiger partial charge on any atom is 1.00 e. The minimum Gasteiger partial charge on any atom is -0.433 e. The number of aryl methyl sites for hydroxylation is 1. The number of benzene rings is 2. The van der Waals surface area contributed by atoms with Crippen molar-refractivity contribution >= 4 is 11.6 Å². The molecular formula is C22H23ClF3ORb. The van der Waals surface area contributed by atoms with Gasteiger partial charge in [-0.05, 0) is 53.8 Å². The largest absolute Gasteiger partial charge is 1.00 e. The van der Waals surface area contributed by atoms with E-state index in [2.05, 4.69) is 13.0 Å². The van der Waals surface area contributed by atoms with Crippen molar-refractivity contribution in [1.82, 2.24) is 0 Å². The van der Waals surface area contributed by atoms with Crippen LogP contribution in [0.2, 0.25) is 5.02 Å². The van der Waals surface area contributed by atoms with E-state index >= 15 is 0 Å². The Hall–Kier alpha value is 0.125. The van der Waals surface area contributed by atoms with Crippen LogP contribution in [0.4, 0.5) is 13.2 Å². The summed E-state index contributed by atoms with van der Waals surface area (Å²) < 4.78 is 46.9. The van der Waals surface area contributed by atoms with Crippen LogP contribution in [0.5, 0.6) is 5.75 Å². The second kappa shape index (κ2) is 10.9. The van der Waals surface area contributed by atoms with E-state index < -0.39 is 18.3 Å². The zero-order valence-corrected chi connectivity index (χ0v) is 22.0. The van der Waals surface area contributed by atoms with Crippen molar-refractivity contribution in [3.05, 3.63) is 64.4 Å². The molecule has 0 saturated heterocycles. The van der Waals surface area contributed by atoms with E-state index in [9.17, 15) is 13.2 Å². The van der Waals surface area contributed by atoms with Crippen LogP contribution >= 0.6 is 11.6 Å². The third-order valence-electron chi connectivity index (χ3n) is 5.29. The van der Waals surface area contributed by atoms with Crippen molar-refractivity contribution in [2.45, 2.75) is 57.5 Å². The zero-order valence-electron chi connectivity index (χ0n) is 16.3. The topological polar surface area (TPSA) is 9.23 Å². The van der Waals surface area contributed by atoms with Gasteiger partial charge in [-0.25, -0.2) is 0 Å². The second-order valence-electron chi connectivity index (χ2n) is 7.40. The molecule has 1 fully saturated rings. The molecule has 146 valence electrons. The summed E-state index contributed by atoms with van der Waals surface area (Å²) in [5.74, 6) is 0.678. The third kappa shape index (κ3) is 6.83. The molecule has 0 aromatic heterocycles. The number of halogens is 4. The molecule has 1 aliphatic carbocycles. The fraction of sp³-hybridized carbons (Fsp3) is 0.455. The first-order valence-electron chi connectivity index (χ1n) is 9.35. The predicted molar refractivity (Wildman–Crippen MR) is 101 cm³/mol. The van der Waals surface area contributed by atoms with Gasteiger partial charge in [0.05, 0.1) is 6.42 Å². The Morgan fingerprint density at radius 3 is 2.39 bits per heavy atom. The van der Waals surface area contributed by atoms with Gasteiger partial charge in [0.25, 0.3) is 0 Å². The molecule has 0 bridgehead atoms. The van der Waals surface area contributed by atoms with Crippen LogP contribution in [0, 0.1) is 17.8 Å². The fourth-order valence-electron chi connectivity index (χ4n) is 3.59. The van der Waals surface area contributed by atoms with Crippen molar-refractivity contribution < 1.29 is 76.1 Å². The number of hydrogen-bond acceptors (Lipinski definition) is 1. The van der Waals surface area contributed by atoms with Gasteiger partial charge in [-0.1, -0.05) is 31.9 Å². The monoisotopic (exact) mass is 480 g/mol. The van der Waals surface area contributed by atoms with Crippen molar-refractivity contribution in [2.75, 3.05) is 0 Å². The molecule has 0 N–H and O–H groups in total. The van der Waals surface area contributed by atoms with Crippen LogP contribution in [-0.4, -0.2) is 6.11 Å². The molecule has 2 aromatic carbocycles. The molecule has 0 aliphatic heterocycles. The molecule has 6 heteroatoms. The van der Waals surface area contributed by atoms with Crippen molar-refractivity contribution in [1.29, 1.82) is 0 Å². The third-order valence-corrected chi connectivity index (χ3v) is 5.56. The Morgan fingerprint density at radius 1 is 1.11 bits per heavy atom. The summed E-state index contributed by atoms with van der Waals surface area (Å²) in [5.41, 5.74) is 1.30. The quantitative estimate of drug-likeness (QED) is 0.563. The van der Waals surface area contributed by atoms with Crippen molar-refractivity contribution in [3.63, 3.8) is 0 Å². The number of ether oxygens (including phenoxy) is 1. The number of hydrogen-bond donors (Lipinski definition) is 0. The fourth-order valence-corrected chi connectivity index (χ4v) is 3.78. The standard InChI is InChI=1S/C22H23ClF3O.Rb/c1-15-5-7-16(8-6-15)17-9-11-19(12-10-17)27-22(25,26)14-13-18-3-2-4-20(23)21(18)24;/h2-3,9-12,15-16H,5-8,13-14H2,1H3;/q-1;+1. The molecule has 1 nitrogen and oxygen atoms in total. The van der Waals surface area contributed by atoms with Crippen molar-refractivity contribution in [2.24, 2.45) is 5.92 Å². The van der Waals surface area contributed by atoms with E-state index in [4.69, 9.17) is 16.3 Å². The molecule has 2 aromatic rings. The molecule has 0 heterocycles. The van der Waals surface area contributed by atoms with E-state index in [1.54, 1.807) is 12.1 Å². The molecular weight excluding hydrogens is 458 g/mol. The van der Waals surface area contributed by atoms with Gasteiger partial charge >= 0.3 is 64.3 Å². The SMILES string of the molecule is CC1CCC(c2ccc(OC(F)(F)CCc3cc[c-]c(Cl)c3F)cc2)CC1.[Rb+]. The summed E-state index contributed by atoms with van der Waals surface area (Å²) in [7, 11) is 0. The summed E-state index contributed by atoms with van der Waals surface area (Å²) in [6.07, 6.45) is 0.496. The van der Waals surface area contributed by atoms with Crippen LogP contribution in [0.3, 0.4) is 0 Å². The Morgan fingerprint density at radius 2 is 1.75 bits per heavy atom. The molecule has 0 atom stereocenters. The van der Waals surface area contributed by atoms with Crippen LogP contribution in [-0.2, 0) is 6.42 Å². The molecule has 0 radical (unpaired) electrons. The van der Waals surface area contributed by atoms with Gasteiger partial charge in [0, 0.05) is 5.82 Å². The Labute approximate surface area is 218 Å². The van der Waals surface area contributed by atoms with Crippen LogP contribution in [0.1, 0.15) is 56.1 Å². The Kier molecular flexibility index (Phi) is 9.54. The zero-order chi connectivity index (χ0) is 19.4. The molecule has 3 rings (SSSR count). The summed E-state index contributed by atoms with van der Waals surface area (Å²) in [4.78, 5) is 0. The van der Waals surface area contributed by atoms with Gasteiger partial charge in [-0.2, -0.15) is 27.0 Å². The summed E-state index contributed by atoms with van der Waals surface area (Å²) >= 11 is 5.63. The van der Waals surface area contributed by atoms with E-state index in [1.807, 2.05) is 12.1 Å². The second-order valence-corrected chi connectivity index (χ2v) is 7.77. The van der Waals surface area contributed by atoms with Gasteiger partial charge in [0.1, 0.15) is 5.75 Å². The molecule has 1 saturated carbocycles. The van der Waals surface area contributed by atoms with Gasteiger partial charge in [0.2, 0.25) is 0 Å². The van der Waals surface area contributed by atoms with Gasteiger partial charge in [-0.3, -0.25) is 4.39 Å². The molecule has 0 unspecified atom stereocenters. The first-order valence-corrected chi connectivity index (χ1v) is 9.73. The molecule has 0 spiro atoms. The molecule has 28 heavy (non-hydrogen) atoms. The van der Waals surface area contributed by atoms with E-state index in [0.29, 0.717) is 5.92 Å². The average Bonchev–Trinajstić information content (AvgIpc) is 2.64. The van der Waals surface area contributed by atoms with E-state index in [0.717, 1.165) is 18.8 Å². The normalized spacial score (nSPS) is 19.8. The predicted octanol–water partition coefficient (Wildman–Crippen LogP) is 4.18. The summed E-state index contributed by atoms with van der Waals surface area (Å²) in [6, 6.07) is 12.2. The summed E-state index contributed by atoms with van der Waals surface area (Å²) in [5, 5.41) is -0.190. The van der Waals surface area contributed by atoms with E-state index in [1.165, 1.54) is 30.5 Å². The Balaban J connectivity index is 0.00000280. The smallest absolute Gasteiger partial charge is 0.433 e. The van der Waals surface area contributed by atoms with Crippen molar-refractivity contribution in [3.8, 4) is 5.75 Å². The minimum absolute atomic E-state index is 0. The molecule has 0 amide bonds. The average molecular weight is 481 g/mol. The minimum atomic E-state index is -3.39. The molecule has 1 aliphatic rings. The van der Waals surface area contributed by atoms with E-state index in [-0.39, 0.29) is 80.9 Å². The summed E-state index contributed by atoms with van der Waals surface area (Å²) in [6.45, 7) is 2.27. The number of rotatable bonds is 6. The maximum absolute atomic E-state index is 14.1. The van der Waals surface area contributed by atoms with Gasteiger partial charge < -0.3 is 4.74 Å². The van der Waals surface area contributed by atoms with Gasteiger partial charge in [0.15, 0.2) is 0 Å². The van der Waals surface area contributed by atoms with Crippen LogP contribution in [0.25, 0.3) is 0 Å². The first-order chi connectivity index (χ1) is 12.8. The number of alkyl halides is 2. The van der Waals surface area contributed by atoms with Crippen LogP contribution in [0.15, 0.2) is 36.4 Å². The first kappa shape index (κ1) is 24.4. The Bertz CT molecular complexity index is 759.